The molecule has 4 nitrogen and oxygen atoms in total. The van der Waals surface area contributed by atoms with E-state index < -0.39 is 0 Å². The molecule has 26 heavy (non-hydrogen) atoms. The van der Waals surface area contributed by atoms with Gasteiger partial charge >= 0.3 is 0 Å². The molecule has 0 spiro atoms. The number of amides is 1. The van der Waals surface area contributed by atoms with Crippen molar-refractivity contribution in [2.45, 2.75) is 27.2 Å². The molecular formula is C22H23NO3. The zero-order valence-corrected chi connectivity index (χ0v) is 15.6. The number of benzene rings is 2. The molecule has 1 N–H and O–H groups in total. The molecule has 0 radical (unpaired) electrons. The van der Waals surface area contributed by atoms with Gasteiger partial charge in [0.1, 0.15) is 11.5 Å². The fourth-order valence-corrected chi connectivity index (χ4v) is 3.19. The molecule has 0 aliphatic rings. The number of ether oxygens (including phenoxy) is 1. The van der Waals surface area contributed by atoms with Crippen molar-refractivity contribution in [2.75, 3.05) is 12.4 Å². The summed E-state index contributed by atoms with van der Waals surface area (Å²) < 4.78 is 11.0. The number of carbonyl (C=O) groups excluding carboxylic acids is 1. The van der Waals surface area contributed by atoms with Gasteiger partial charge in [0.2, 0.25) is 0 Å². The molecule has 0 aliphatic carbocycles. The van der Waals surface area contributed by atoms with Crippen LogP contribution in [0.3, 0.4) is 0 Å². The lowest BCUT2D eigenvalue weighted by Crippen LogP contribution is -2.11. The number of rotatable bonds is 5. The lowest BCUT2D eigenvalue weighted by Gasteiger charge is -2.10. The van der Waals surface area contributed by atoms with E-state index in [1.54, 1.807) is 25.3 Å². The summed E-state index contributed by atoms with van der Waals surface area (Å²) in [5.74, 6) is 1.37. The third-order valence-electron chi connectivity index (χ3n) is 4.43. The number of furan rings is 1. The van der Waals surface area contributed by atoms with E-state index in [1.807, 2.05) is 18.2 Å². The van der Waals surface area contributed by atoms with Crippen LogP contribution in [0.1, 0.15) is 38.6 Å². The molecule has 0 bridgehead atoms. The Bertz CT molecular complexity index is 917. The molecule has 0 saturated heterocycles. The second-order valence-electron chi connectivity index (χ2n) is 6.47. The van der Waals surface area contributed by atoms with Crippen LogP contribution in [0.2, 0.25) is 0 Å². The number of para-hydroxylation sites is 2. The van der Waals surface area contributed by atoms with E-state index in [1.165, 1.54) is 22.3 Å². The Hall–Kier alpha value is -3.01. The van der Waals surface area contributed by atoms with E-state index in [4.69, 9.17) is 9.15 Å². The Morgan fingerprint density at radius 3 is 2.42 bits per heavy atom. The van der Waals surface area contributed by atoms with Crippen LogP contribution in [0.25, 0.3) is 0 Å². The van der Waals surface area contributed by atoms with Gasteiger partial charge in [-0.1, -0.05) is 29.8 Å². The van der Waals surface area contributed by atoms with Crippen molar-refractivity contribution < 1.29 is 13.9 Å². The summed E-state index contributed by atoms with van der Waals surface area (Å²) in [6.45, 7) is 6.30. The number of hydrogen-bond acceptors (Lipinski definition) is 3. The number of carbonyl (C=O) groups is 1. The van der Waals surface area contributed by atoms with E-state index in [9.17, 15) is 4.79 Å². The molecule has 0 atom stereocenters. The predicted octanol–water partition coefficient (Wildman–Crippen LogP) is 5.06. The molecule has 0 fully saturated rings. The number of anilines is 1. The number of aryl methyl sites for hydroxylation is 3. The largest absolute Gasteiger partial charge is 0.495 e. The number of methoxy groups -OCH3 is 1. The Kier molecular flexibility index (Phi) is 5.12. The Balaban J connectivity index is 1.77. The minimum Gasteiger partial charge on any atom is -0.495 e. The molecule has 0 saturated carbocycles. The molecule has 2 aromatic carbocycles. The van der Waals surface area contributed by atoms with E-state index in [0.717, 1.165) is 5.76 Å². The third kappa shape index (κ3) is 3.80. The van der Waals surface area contributed by atoms with Crippen molar-refractivity contribution >= 4 is 11.6 Å². The van der Waals surface area contributed by atoms with Crippen molar-refractivity contribution in [3.63, 3.8) is 0 Å². The van der Waals surface area contributed by atoms with Gasteiger partial charge in [-0.2, -0.15) is 0 Å². The maximum Gasteiger partial charge on any atom is 0.291 e. The Labute approximate surface area is 153 Å². The highest BCUT2D eigenvalue weighted by atomic mass is 16.5. The highest BCUT2D eigenvalue weighted by molar-refractivity contribution is 6.03. The molecule has 1 amide bonds. The second kappa shape index (κ2) is 7.48. The molecule has 134 valence electrons. The Morgan fingerprint density at radius 2 is 1.73 bits per heavy atom. The third-order valence-corrected chi connectivity index (χ3v) is 4.43. The monoisotopic (exact) mass is 349 g/mol. The maximum absolute atomic E-state index is 12.5. The fraction of sp³-hybridized carbons (Fsp3) is 0.227. The van der Waals surface area contributed by atoms with Crippen LogP contribution < -0.4 is 10.1 Å². The van der Waals surface area contributed by atoms with Crippen molar-refractivity contribution in [1.82, 2.24) is 0 Å². The first-order valence-corrected chi connectivity index (χ1v) is 8.57. The molecule has 3 rings (SSSR count). The standard InChI is InChI=1S/C22H23NO3/c1-14-11-15(2)18(16(3)12-14)13-17-9-10-21(26-17)22(24)23-19-7-5-6-8-20(19)25-4/h5-12H,13H2,1-4H3,(H,23,24). The lowest BCUT2D eigenvalue weighted by molar-refractivity contribution is 0.0994. The lowest BCUT2D eigenvalue weighted by atomic mass is 9.97. The first-order valence-electron chi connectivity index (χ1n) is 8.57. The topological polar surface area (TPSA) is 51.5 Å². The quantitative estimate of drug-likeness (QED) is 0.701. The molecule has 0 aliphatic heterocycles. The average molecular weight is 349 g/mol. The molecule has 1 heterocycles. The van der Waals surface area contributed by atoms with Gasteiger partial charge in [-0.05, 0) is 61.7 Å². The summed E-state index contributed by atoms with van der Waals surface area (Å²) in [6.07, 6.45) is 0.667. The Morgan fingerprint density at radius 1 is 1.04 bits per heavy atom. The van der Waals surface area contributed by atoms with E-state index in [-0.39, 0.29) is 11.7 Å². The summed E-state index contributed by atoms with van der Waals surface area (Å²) in [5, 5.41) is 2.83. The van der Waals surface area contributed by atoms with Crippen LogP contribution in [0, 0.1) is 20.8 Å². The molecule has 0 unspecified atom stereocenters. The van der Waals surface area contributed by atoms with Crippen LogP contribution in [0.5, 0.6) is 5.75 Å². The summed E-state index contributed by atoms with van der Waals surface area (Å²) in [7, 11) is 1.57. The zero-order valence-electron chi connectivity index (χ0n) is 15.6. The van der Waals surface area contributed by atoms with Crippen molar-refractivity contribution in [2.24, 2.45) is 0 Å². The molecular weight excluding hydrogens is 326 g/mol. The van der Waals surface area contributed by atoms with E-state index in [2.05, 4.69) is 38.2 Å². The van der Waals surface area contributed by atoms with Gasteiger partial charge < -0.3 is 14.5 Å². The van der Waals surface area contributed by atoms with Crippen LogP contribution in [-0.4, -0.2) is 13.0 Å². The number of hydrogen-bond donors (Lipinski definition) is 1. The minimum absolute atomic E-state index is 0.285. The van der Waals surface area contributed by atoms with Crippen LogP contribution in [0.4, 0.5) is 5.69 Å². The molecule has 4 heteroatoms. The fourth-order valence-electron chi connectivity index (χ4n) is 3.19. The van der Waals surface area contributed by atoms with Gasteiger partial charge in [0.15, 0.2) is 5.76 Å². The summed E-state index contributed by atoms with van der Waals surface area (Å²) in [5.41, 5.74) is 5.57. The van der Waals surface area contributed by atoms with Gasteiger partial charge in [0.25, 0.3) is 5.91 Å². The van der Waals surface area contributed by atoms with E-state index in [0.29, 0.717) is 17.9 Å². The SMILES string of the molecule is COc1ccccc1NC(=O)c1ccc(Cc2c(C)cc(C)cc2C)o1. The molecule has 1 aromatic heterocycles. The van der Waals surface area contributed by atoms with Crippen LogP contribution in [-0.2, 0) is 6.42 Å². The van der Waals surface area contributed by atoms with Gasteiger partial charge in [0.05, 0.1) is 12.8 Å². The van der Waals surface area contributed by atoms with Crippen LogP contribution in [0.15, 0.2) is 52.9 Å². The first-order chi connectivity index (χ1) is 12.5. The second-order valence-corrected chi connectivity index (χ2v) is 6.47. The predicted molar refractivity (Wildman–Crippen MR) is 103 cm³/mol. The van der Waals surface area contributed by atoms with Crippen molar-refractivity contribution in [3.8, 4) is 5.75 Å². The van der Waals surface area contributed by atoms with Crippen molar-refractivity contribution in [1.29, 1.82) is 0 Å². The van der Waals surface area contributed by atoms with Gasteiger partial charge in [-0.25, -0.2) is 0 Å². The highest BCUT2D eigenvalue weighted by Gasteiger charge is 2.15. The average Bonchev–Trinajstić information content (AvgIpc) is 3.07. The molecule has 3 aromatic rings. The first kappa shape index (κ1) is 17.8. The van der Waals surface area contributed by atoms with Gasteiger partial charge in [0, 0.05) is 6.42 Å². The zero-order chi connectivity index (χ0) is 18.7. The van der Waals surface area contributed by atoms with Crippen molar-refractivity contribution in [3.05, 3.63) is 82.3 Å². The summed E-state index contributed by atoms with van der Waals surface area (Å²) >= 11 is 0. The highest BCUT2D eigenvalue weighted by Crippen LogP contribution is 2.25. The van der Waals surface area contributed by atoms with Crippen LogP contribution >= 0.6 is 0 Å². The number of nitrogens with one attached hydrogen (secondary N) is 1. The van der Waals surface area contributed by atoms with Gasteiger partial charge in [-0.15, -0.1) is 0 Å². The normalized spacial score (nSPS) is 10.6. The summed E-state index contributed by atoms with van der Waals surface area (Å²) in [4.78, 5) is 12.5. The smallest absolute Gasteiger partial charge is 0.291 e. The maximum atomic E-state index is 12.5. The van der Waals surface area contributed by atoms with E-state index >= 15 is 0 Å². The summed E-state index contributed by atoms with van der Waals surface area (Å²) in [6, 6.07) is 15.2. The minimum atomic E-state index is -0.293. The van der Waals surface area contributed by atoms with Gasteiger partial charge in [-0.3, -0.25) is 4.79 Å².